The van der Waals surface area contributed by atoms with Crippen LogP contribution >= 0.6 is 11.8 Å². The number of rotatable bonds is 5. The molecule has 0 fully saturated rings. The predicted octanol–water partition coefficient (Wildman–Crippen LogP) is 1.91. The molecule has 0 unspecified atom stereocenters. The minimum atomic E-state index is -0.0366. The van der Waals surface area contributed by atoms with Gasteiger partial charge in [-0.2, -0.15) is 0 Å². The summed E-state index contributed by atoms with van der Waals surface area (Å²) in [5.41, 5.74) is 0.654. The molecule has 0 aliphatic heterocycles. The van der Waals surface area contributed by atoms with Gasteiger partial charge in [-0.05, 0) is 6.54 Å². The molecular weight excluding hydrogens is 234 g/mol. The highest BCUT2D eigenvalue weighted by Crippen LogP contribution is 2.25. The second kappa shape index (κ2) is 6.21. The van der Waals surface area contributed by atoms with Gasteiger partial charge < -0.3 is 10.3 Å². The first-order valence-corrected chi connectivity index (χ1v) is 6.82. The van der Waals surface area contributed by atoms with Crippen molar-refractivity contribution in [1.29, 1.82) is 0 Å². The molecule has 1 aromatic rings. The lowest BCUT2D eigenvalue weighted by Crippen LogP contribution is -2.22. The van der Waals surface area contributed by atoms with Gasteiger partial charge in [0.2, 0.25) is 0 Å². The molecule has 0 amide bonds. The van der Waals surface area contributed by atoms with Crippen molar-refractivity contribution in [3.05, 3.63) is 27.9 Å². The zero-order valence-corrected chi connectivity index (χ0v) is 11.8. The van der Waals surface area contributed by atoms with E-state index in [1.54, 1.807) is 18.0 Å². The standard InChI is InChI=1S/C12H21N3OS/c1-5-13-6-9-7-14-10(15-11(9)16)8-17-12(2,3)4/h7,13H,5-6,8H2,1-4H3,(H,14,15,16). The average molecular weight is 255 g/mol. The number of hydrogen-bond acceptors (Lipinski definition) is 4. The third-order valence-electron chi connectivity index (χ3n) is 2.13. The molecule has 1 heterocycles. The maximum atomic E-state index is 11.7. The average Bonchev–Trinajstić information content (AvgIpc) is 2.24. The number of hydrogen-bond donors (Lipinski definition) is 2. The highest BCUT2D eigenvalue weighted by molar-refractivity contribution is 7.99. The van der Waals surface area contributed by atoms with Crippen LogP contribution in [0.1, 0.15) is 39.1 Å². The molecule has 0 radical (unpaired) electrons. The lowest BCUT2D eigenvalue weighted by atomic mass is 10.3. The summed E-state index contributed by atoms with van der Waals surface area (Å²) in [6, 6.07) is 0. The van der Waals surface area contributed by atoms with Crippen molar-refractivity contribution in [2.24, 2.45) is 0 Å². The van der Waals surface area contributed by atoms with Gasteiger partial charge in [0, 0.05) is 23.1 Å². The van der Waals surface area contributed by atoms with Crippen LogP contribution in [0.25, 0.3) is 0 Å². The van der Waals surface area contributed by atoms with Gasteiger partial charge in [0.15, 0.2) is 0 Å². The highest BCUT2D eigenvalue weighted by Gasteiger charge is 2.11. The zero-order valence-electron chi connectivity index (χ0n) is 11.0. The molecule has 1 aromatic heterocycles. The molecule has 17 heavy (non-hydrogen) atoms. The Balaban J connectivity index is 2.65. The predicted molar refractivity (Wildman–Crippen MR) is 73.3 cm³/mol. The zero-order chi connectivity index (χ0) is 12.9. The molecule has 0 saturated carbocycles. The lowest BCUT2D eigenvalue weighted by Gasteiger charge is -2.16. The fraction of sp³-hybridized carbons (Fsp3) is 0.667. The van der Waals surface area contributed by atoms with Gasteiger partial charge in [-0.15, -0.1) is 11.8 Å². The Morgan fingerprint density at radius 3 is 2.71 bits per heavy atom. The van der Waals surface area contributed by atoms with E-state index in [-0.39, 0.29) is 10.3 Å². The Morgan fingerprint density at radius 1 is 1.47 bits per heavy atom. The van der Waals surface area contributed by atoms with Crippen LogP contribution in [0.4, 0.5) is 0 Å². The molecule has 5 heteroatoms. The van der Waals surface area contributed by atoms with E-state index in [2.05, 4.69) is 36.1 Å². The third kappa shape index (κ3) is 5.37. The molecule has 2 N–H and O–H groups in total. The number of nitrogens with zero attached hydrogens (tertiary/aromatic N) is 1. The molecule has 0 atom stereocenters. The fourth-order valence-electron chi connectivity index (χ4n) is 1.20. The smallest absolute Gasteiger partial charge is 0.255 e. The molecule has 0 spiro atoms. The summed E-state index contributed by atoms with van der Waals surface area (Å²) in [5, 5.41) is 3.12. The van der Waals surface area contributed by atoms with Crippen molar-refractivity contribution in [3.63, 3.8) is 0 Å². The molecule has 96 valence electrons. The molecular formula is C12H21N3OS. The summed E-state index contributed by atoms with van der Waals surface area (Å²) in [6.45, 7) is 9.88. The molecule has 0 aromatic carbocycles. The summed E-state index contributed by atoms with van der Waals surface area (Å²) >= 11 is 1.77. The van der Waals surface area contributed by atoms with E-state index in [9.17, 15) is 4.79 Å². The fourth-order valence-corrected chi connectivity index (χ4v) is 1.92. The number of thioether (sulfide) groups is 1. The van der Waals surface area contributed by atoms with Gasteiger partial charge in [0.05, 0.1) is 5.75 Å². The first-order valence-electron chi connectivity index (χ1n) is 5.84. The van der Waals surface area contributed by atoms with Gasteiger partial charge in [-0.25, -0.2) is 4.98 Å². The largest absolute Gasteiger partial charge is 0.313 e. The summed E-state index contributed by atoms with van der Waals surface area (Å²) in [6.07, 6.45) is 1.67. The second-order valence-corrected chi connectivity index (χ2v) is 6.67. The minimum Gasteiger partial charge on any atom is -0.313 e. The molecule has 1 rings (SSSR count). The minimum absolute atomic E-state index is 0.0366. The van der Waals surface area contributed by atoms with E-state index in [0.717, 1.165) is 18.1 Å². The molecule has 0 aliphatic carbocycles. The second-order valence-electron chi connectivity index (χ2n) is 4.87. The number of aromatic nitrogens is 2. The van der Waals surface area contributed by atoms with E-state index in [4.69, 9.17) is 0 Å². The Labute approximate surface area is 107 Å². The summed E-state index contributed by atoms with van der Waals surface area (Å²) in [5.74, 6) is 1.48. The van der Waals surface area contributed by atoms with Crippen molar-refractivity contribution in [1.82, 2.24) is 15.3 Å². The van der Waals surface area contributed by atoms with Crippen LogP contribution in [-0.2, 0) is 12.3 Å². The number of aromatic amines is 1. The first kappa shape index (κ1) is 14.3. The van der Waals surface area contributed by atoms with Crippen molar-refractivity contribution >= 4 is 11.8 Å². The van der Waals surface area contributed by atoms with E-state index in [0.29, 0.717) is 12.1 Å². The quantitative estimate of drug-likeness (QED) is 0.844. The van der Waals surface area contributed by atoms with Crippen LogP contribution in [0.5, 0.6) is 0 Å². The number of H-pyrrole nitrogens is 1. The Hall–Kier alpha value is -0.810. The Bertz CT molecular complexity index is 409. The van der Waals surface area contributed by atoms with Crippen LogP contribution in [-0.4, -0.2) is 21.3 Å². The molecule has 0 saturated heterocycles. The monoisotopic (exact) mass is 255 g/mol. The normalized spacial score (nSPS) is 11.8. The van der Waals surface area contributed by atoms with Crippen LogP contribution in [0, 0.1) is 0 Å². The van der Waals surface area contributed by atoms with Crippen LogP contribution in [0.15, 0.2) is 11.0 Å². The van der Waals surface area contributed by atoms with E-state index in [1.807, 2.05) is 6.92 Å². The molecule has 4 nitrogen and oxygen atoms in total. The van der Waals surface area contributed by atoms with E-state index >= 15 is 0 Å². The van der Waals surface area contributed by atoms with Crippen LogP contribution in [0.2, 0.25) is 0 Å². The van der Waals surface area contributed by atoms with Crippen molar-refractivity contribution in [2.75, 3.05) is 6.54 Å². The van der Waals surface area contributed by atoms with Gasteiger partial charge >= 0.3 is 0 Å². The van der Waals surface area contributed by atoms with E-state index in [1.165, 1.54) is 0 Å². The van der Waals surface area contributed by atoms with Gasteiger partial charge in [0.25, 0.3) is 5.56 Å². The van der Waals surface area contributed by atoms with Crippen molar-refractivity contribution < 1.29 is 0 Å². The molecule has 0 aliphatic rings. The lowest BCUT2D eigenvalue weighted by molar-refractivity contribution is 0.713. The summed E-state index contributed by atoms with van der Waals surface area (Å²) in [7, 11) is 0. The van der Waals surface area contributed by atoms with Gasteiger partial charge in [0.1, 0.15) is 5.82 Å². The maximum absolute atomic E-state index is 11.7. The van der Waals surface area contributed by atoms with Gasteiger partial charge in [-0.1, -0.05) is 27.7 Å². The maximum Gasteiger partial charge on any atom is 0.255 e. The Morgan fingerprint density at radius 2 is 2.18 bits per heavy atom. The highest BCUT2D eigenvalue weighted by atomic mass is 32.2. The number of nitrogens with one attached hydrogen (secondary N) is 2. The topological polar surface area (TPSA) is 57.8 Å². The van der Waals surface area contributed by atoms with Crippen LogP contribution < -0.4 is 10.9 Å². The molecule has 0 bridgehead atoms. The third-order valence-corrected chi connectivity index (χ3v) is 3.42. The van der Waals surface area contributed by atoms with Gasteiger partial charge in [-0.3, -0.25) is 4.79 Å². The Kier molecular flexibility index (Phi) is 5.21. The van der Waals surface area contributed by atoms with Crippen molar-refractivity contribution in [2.45, 2.75) is 44.7 Å². The first-order chi connectivity index (χ1) is 7.92. The van der Waals surface area contributed by atoms with E-state index < -0.39 is 0 Å². The van der Waals surface area contributed by atoms with Crippen LogP contribution in [0.3, 0.4) is 0 Å². The summed E-state index contributed by atoms with van der Waals surface area (Å²) in [4.78, 5) is 18.8. The SMILES string of the molecule is CCNCc1cnc(CSC(C)(C)C)[nH]c1=O. The van der Waals surface area contributed by atoms with Crippen molar-refractivity contribution in [3.8, 4) is 0 Å². The summed E-state index contributed by atoms with van der Waals surface area (Å²) < 4.78 is 0.182.